The molecule has 0 bridgehead atoms. The first-order valence-electron chi connectivity index (χ1n) is 4.43. The molecule has 0 saturated carbocycles. The van der Waals surface area contributed by atoms with Crippen molar-refractivity contribution in [1.82, 2.24) is 0 Å². The summed E-state index contributed by atoms with van der Waals surface area (Å²) in [6, 6.07) is 2.02. The van der Waals surface area contributed by atoms with Gasteiger partial charge in [-0.15, -0.1) is 12.4 Å². The van der Waals surface area contributed by atoms with Gasteiger partial charge >= 0.3 is 0 Å². The summed E-state index contributed by atoms with van der Waals surface area (Å²) in [6.07, 6.45) is -3.29. The standard InChI is InChI=1S/C9H10F2N2O3.ClH/c10-9(11)4-7(12)6-3-5(13(15)16)1-2-8(6)14;/h1-3,7,9,14H,4,12H2;1H/t7-;/m1./s1. The summed E-state index contributed by atoms with van der Waals surface area (Å²) in [7, 11) is 0. The summed E-state index contributed by atoms with van der Waals surface area (Å²) >= 11 is 0. The van der Waals surface area contributed by atoms with E-state index in [0.29, 0.717) is 0 Å². The summed E-state index contributed by atoms with van der Waals surface area (Å²) in [5.74, 6) is -0.321. The Morgan fingerprint density at radius 1 is 1.47 bits per heavy atom. The molecule has 0 radical (unpaired) electrons. The molecule has 0 aliphatic rings. The SMILES string of the molecule is Cl.N[C@H](CC(F)F)c1cc([N+](=O)[O-])ccc1O. The van der Waals surface area contributed by atoms with Crippen LogP contribution in [-0.2, 0) is 0 Å². The molecule has 0 unspecified atom stereocenters. The van der Waals surface area contributed by atoms with Gasteiger partial charge in [0.25, 0.3) is 5.69 Å². The van der Waals surface area contributed by atoms with E-state index in [1.165, 1.54) is 0 Å². The third-order valence-corrected chi connectivity index (χ3v) is 2.05. The largest absolute Gasteiger partial charge is 0.508 e. The number of hydrogen-bond acceptors (Lipinski definition) is 4. The number of nitrogens with zero attached hydrogens (tertiary/aromatic N) is 1. The monoisotopic (exact) mass is 268 g/mol. The van der Waals surface area contributed by atoms with Crippen LogP contribution in [0.5, 0.6) is 5.75 Å². The summed E-state index contributed by atoms with van der Waals surface area (Å²) in [5, 5.41) is 19.8. The van der Waals surface area contributed by atoms with E-state index >= 15 is 0 Å². The third-order valence-electron chi connectivity index (χ3n) is 2.05. The fourth-order valence-electron chi connectivity index (χ4n) is 1.27. The zero-order valence-electron chi connectivity index (χ0n) is 8.55. The van der Waals surface area contributed by atoms with Gasteiger partial charge in [-0.2, -0.15) is 0 Å². The number of phenols is 1. The van der Waals surface area contributed by atoms with E-state index in [1.54, 1.807) is 0 Å². The lowest BCUT2D eigenvalue weighted by atomic mass is 10.0. The topological polar surface area (TPSA) is 89.4 Å². The minimum absolute atomic E-state index is 0. The molecular formula is C9H11ClF2N2O3. The molecular weight excluding hydrogens is 258 g/mol. The van der Waals surface area contributed by atoms with Crippen molar-refractivity contribution in [3.05, 3.63) is 33.9 Å². The highest BCUT2D eigenvalue weighted by Crippen LogP contribution is 2.29. The number of rotatable bonds is 4. The van der Waals surface area contributed by atoms with E-state index in [-0.39, 0.29) is 29.4 Å². The normalized spacial score (nSPS) is 12.0. The quantitative estimate of drug-likeness (QED) is 0.648. The number of benzene rings is 1. The minimum atomic E-state index is -2.63. The molecule has 1 aromatic carbocycles. The van der Waals surface area contributed by atoms with Crippen LogP contribution in [0.4, 0.5) is 14.5 Å². The predicted molar refractivity (Wildman–Crippen MR) is 59.6 cm³/mol. The number of hydrogen-bond donors (Lipinski definition) is 2. The predicted octanol–water partition coefficient (Wildman–Crippen LogP) is 2.38. The van der Waals surface area contributed by atoms with E-state index < -0.39 is 23.8 Å². The zero-order valence-corrected chi connectivity index (χ0v) is 9.36. The molecule has 5 nitrogen and oxygen atoms in total. The van der Waals surface area contributed by atoms with Gasteiger partial charge in [0.05, 0.1) is 4.92 Å². The lowest BCUT2D eigenvalue weighted by Crippen LogP contribution is -2.14. The van der Waals surface area contributed by atoms with Crippen LogP contribution in [0.15, 0.2) is 18.2 Å². The van der Waals surface area contributed by atoms with Crippen molar-refractivity contribution in [3.8, 4) is 5.75 Å². The first-order valence-corrected chi connectivity index (χ1v) is 4.43. The van der Waals surface area contributed by atoms with Gasteiger partial charge < -0.3 is 10.8 Å². The van der Waals surface area contributed by atoms with Crippen LogP contribution in [-0.4, -0.2) is 16.5 Å². The second-order valence-electron chi connectivity index (χ2n) is 3.23. The number of non-ortho nitro benzene ring substituents is 1. The maximum atomic E-state index is 12.1. The van der Waals surface area contributed by atoms with Crippen LogP contribution in [0.3, 0.4) is 0 Å². The van der Waals surface area contributed by atoms with Crippen LogP contribution < -0.4 is 5.73 Å². The number of alkyl halides is 2. The Labute approximate surface area is 102 Å². The molecule has 0 amide bonds. The molecule has 1 aromatic rings. The molecule has 0 aliphatic carbocycles. The Bertz CT molecular complexity index is 404. The molecule has 8 heteroatoms. The molecule has 0 heterocycles. The molecule has 17 heavy (non-hydrogen) atoms. The van der Waals surface area contributed by atoms with Crippen molar-refractivity contribution in [1.29, 1.82) is 0 Å². The maximum Gasteiger partial charge on any atom is 0.270 e. The van der Waals surface area contributed by atoms with Crippen LogP contribution in [0, 0.1) is 10.1 Å². The molecule has 0 aliphatic heterocycles. The molecule has 0 aromatic heterocycles. The molecule has 1 atom stereocenters. The molecule has 3 N–H and O–H groups in total. The second-order valence-corrected chi connectivity index (χ2v) is 3.23. The van der Waals surface area contributed by atoms with Gasteiger partial charge in [0.15, 0.2) is 0 Å². The Kier molecular flexibility index (Phi) is 5.77. The van der Waals surface area contributed by atoms with E-state index in [9.17, 15) is 24.0 Å². The highest BCUT2D eigenvalue weighted by Gasteiger charge is 2.19. The van der Waals surface area contributed by atoms with Crippen molar-refractivity contribution >= 4 is 18.1 Å². The Balaban J connectivity index is 0.00000256. The highest BCUT2D eigenvalue weighted by atomic mass is 35.5. The van der Waals surface area contributed by atoms with Gasteiger partial charge in [-0.1, -0.05) is 0 Å². The summed E-state index contributed by atoms with van der Waals surface area (Å²) < 4.78 is 24.1. The number of phenolic OH excluding ortho intramolecular Hbond substituents is 1. The van der Waals surface area contributed by atoms with E-state index in [2.05, 4.69) is 0 Å². The highest BCUT2D eigenvalue weighted by molar-refractivity contribution is 5.85. The Hall–Kier alpha value is -1.47. The lowest BCUT2D eigenvalue weighted by Gasteiger charge is -2.12. The van der Waals surface area contributed by atoms with Gasteiger partial charge in [-0.25, -0.2) is 8.78 Å². The average molecular weight is 269 g/mol. The van der Waals surface area contributed by atoms with Gasteiger partial charge in [-0.3, -0.25) is 10.1 Å². The fourth-order valence-corrected chi connectivity index (χ4v) is 1.27. The van der Waals surface area contributed by atoms with Crippen LogP contribution in [0.25, 0.3) is 0 Å². The Morgan fingerprint density at radius 3 is 2.53 bits per heavy atom. The van der Waals surface area contributed by atoms with Crippen molar-refractivity contribution in [2.24, 2.45) is 5.73 Å². The van der Waals surface area contributed by atoms with Crippen molar-refractivity contribution in [3.63, 3.8) is 0 Å². The molecule has 0 saturated heterocycles. The fraction of sp³-hybridized carbons (Fsp3) is 0.333. The van der Waals surface area contributed by atoms with Gasteiger partial charge in [0, 0.05) is 30.2 Å². The summed E-state index contributed by atoms with van der Waals surface area (Å²) in [4.78, 5) is 9.76. The smallest absolute Gasteiger partial charge is 0.270 e. The third kappa shape index (κ3) is 4.12. The van der Waals surface area contributed by atoms with Gasteiger partial charge in [0.2, 0.25) is 6.43 Å². The molecule has 96 valence electrons. The summed E-state index contributed by atoms with van der Waals surface area (Å²) in [5.41, 5.74) is 5.06. The first-order chi connectivity index (χ1) is 7.41. The number of halogens is 3. The van der Waals surface area contributed by atoms with Crippen LogP contribution in [0.1, 0.15) is 18.0 Å². The van der Waals surface area contributed by atoms with Crippen LogP contribution in [0.2, 0.25) is 0 Å². The first kappa shape index (κ1) is 15.5. The average Bonchev–Trinajstić information content (AvgIpc) is 2.16. The lowest BCUT2D eigenvalue weighted by molar-refractivity contribution is -0.385. The van der Waals surface area contributed by atoms with Gasteiger partial charge in [0.1, 0.15) is 5.75 Å². The van der Waals surface area contributed by atoms with Crippen molar-refractivity contribution in [2.75, 3.05) is 0 Å². The molecule has 1 rings (SSSR count). The summed E-state index contributed by atoms with van der Waals surface area (Å²) in [6.45, 7) is 0. The second kappa shape index (κ2) is 6.31. The minimum Gasteiger partial charge on any atom is -0.508 e. The number of nitro groups is 1. The molecule has 0 spiro atoms. The number of nitro benzene ring substituents is 1. The number of nitrogens with two attached hydrogens (primary N) is 1. The van der Waals surface area contributed by atoms with Crippen LogP contribution >= 0.6 is 12.4 Å². The number of aromatic hydroxyl groups is 1. The van der Waals surface area contributed by atoms with Gasteiger partial charge in [-0.05, 0) is 6.07 Å². The molecule has 0 fully saturated rings. The maximum absolute atomic E-state index is 12.1. The van der Waals surface area contributed by atoms with Crippen molar-refractivity contribution < 1.29 is 18.8 Å². The zero-order chi connectivity index (χ0) is 12.3. The van der Waals surface area contributed by atoms with Crippen molar-refractivity contribution in [2.45, 2.75) is 18.9 Å². The van der Waals surface area contributed by atoms with E-state index in [4.69, 9.17) is 5.73 Å². The van der Waals surface area contributed by atoms with E-state index in [1.807, 2.05) is 0 Å². The van der Waals surface area contributed by atoms with E-state index in [0.717, 1.165) is 18.2 Å². The Morgan fingerprint density at radius 2 is 2.06 bits per heavy atom.